The van der Waals surface area contributed by atoms with Crippen LogP contribution in [0.25, 0.3) is 0 Å². The van der Waals surface area contributed by atoms with E-state index in [-0.39, 0.29) is 17.2 Å². The summed E-state index contributed by atoms with van der Waals surface area (Å²) in [6, 6.07) is 8.16. The molecule has 0 atom stereocenters. The molecule has 0 saturated carbocycles. The molecule has 0 saturated heterocycles. The van der Waals surface area contributed by atoms with Crippen molar-refractivity contribution in [1.82, 2.24) is 4.98 Å². The molecule has 5 nitrogen and oxygen atoms in total. The number of aromatic nitrogens is 1. The summed E-state index contributed by atoms with van der Waals surface area (Å²) in [5.74, 6) is -1.45. The van der Waals surface area contributed by atoms with E-state index < -0.39 is 5.97 Å². The summed E-state index contributed by atoms with van der Waals surface area (Å²) in [6.45, 7) is 3.52. The van der Waals surface area contributed by atoms with Crippen molar-refractivity contribution in [3.05, 3.63) is 58.9 Å². The Hall–Kier alpha value is -2.69. The van der Waals surface area contributed by atoms with Crippen LogP contribution in [0.5, 0.6) is 0 Å². The number of hydrogen-bond acceptors (Lipinski definition) is 3. The minimum atomic E-state index is -1.08. The van der Waals surface area contributed by atoms with E-state index in [1.165, 1.54) is 6.07 Å². The number of nitrogens with zero attached hydrogens (tertiary/aromatic N) is 1. The molecule has 1 aromatic carbocycles. The van der Waals surface area contributed by atoms with Crippen molar-refractivity contribution in [2.75, 3.05) is 5.32 Å². The van der Waals surface area contributed by atoms with Crippen LogP contribution in [0.1, 0.15) is 32.0 Å². The number of benzene rings is 1. The molecule has 0 radical (unpaired) electrons. The number of carbonyl (C=O) groups excluding carboxylic acids is 1. The molecule has 2 aromatic rings. The van der Waals surface area contributed by atoms with Gasteiger partial charge in [0.1, 0.15) is 0 Å². The van der Waals surface area contributed by atoms with Gasteiger partial charge in [-0.3, -0.25) is 9.78 Å². The zero-order valence-electron chi connectivity index (χ0n) is 11.2. The maximum absolute atomic E-state index is 12.2. The molecule has 0 aliphatic heterocycles. The summed E-state index contributed by atoms with van der Waals surface area (Å²) >= 11 is 0. The smallest absolute Gasteiger partial charge is 0.337 e. The molecule has 1 aromatic heterocycles. The number of rotatable bonds is 3. The average Bonchev–Trinajstić information content (AvgIpc) is 2.41. The summed E-state index contributed by atoms with van der Waals surface area (Å²) in [5, 5.41) is 11.8. The van der Waals surface area contributed by atoms with Gasteiger partial charge in [-0.2, -0.15) is 0 Å². The van der Waals surface area contributed by atoms with E-state index in [9.17, 15) is 9.59 Å². The van der Waals surface area contributed by atoms with Gasteiger partial charge in [-0.25, -0.2) is 4.79 Å². The van der Waals surface area contributed by atoms with Crippen LogP contribution in [0.2, 0.25) is 0 Å². The van der Waals surface area contributed by atoms with Crippen LogP contribution < -0.4 is 5.32 Å². The lowest BCUT2D eigenvalue weighted by Crippen LogP contribution is -2.16. The zero-order chi connectivity index (χ0) is 14.7. The molecule has 5 heteroatoms. The molecule has 102 valence electrons. The van der Waals surface area contributed by atoms with Crippen LogP contribution in [0.4, 0.5) is 5.69 Å². The Morgan fingerprint density at radius 3 is 2.55 bits per heavy atom. The first-order chi connectivity index (χ1) is 9.49. The molecule has 1 heterocycles. The van der Waals surface area contributed by atoms with Crippen molar-refractivity contribution >= 4 is 17.6 Å². The summed E-state index contributed by atoms with van der Waals surface area (Å²) in [6.07, 6.45) is 1.60. The molecule has 0 aliphatic carbocycles. The molecule has 2 rings (SSSR count). The summed E-state index contributed by atoms with van der Waals surface area (Å²) < 4.78 is 0. The normalized spacial score (nSPS) is 10.1. The van der Waals surface area contributed by atoms with Gasteiger partial charge in [0.05, 0.1) is 16.8 Å². The minimum absolute atomic E-state index is 0.0693. The Labute approximate surface area is 116 Å². The fourth-order valence-electron chi connectivity index (χ4n) is 1.86. The van der Waals surface area contributed by atoms with Crippen molar-refractivity contribution in [2.24, 2.45) is 0 Å². The Morgan fingerprint density at radius 2 is 1.90 bits per heavy atom. The number of amides is 1. The molecule has 0 unspecified atom stereocenters. The SMILES string of the molecule is Cc1ccc(NC(=O)c2cccnc2C)c(C(=O)O)c1. The average molecular weight is 270 g/mol. The van der Waals surface area contributed by atoms with Crippen LogP contribution in [-0.2, 0) is 0 Å². The van der Waals surface area contributed by atoms with Gasteiger partial charge >= 0.3 is 5.97 Å². The number of nitrogens with one attached hydrogen (secondary N) is 1. The Morgan fingerprint density at radius 1 is 1.15 bits per heavy atom. The topological polar surface area (TPSA) is 79.3 Å². The van der Waals surface area contributed by atoms with Crippen LogP contribution >= 0.6 is 0 Å². The summed E-state index contributed by atoms with van der Waals surface area (Å²) in [7, 11) is 0. The summed E-state index contributed by atoms with van der Waals surface area (Å²) in [4.78, 5) is 27.4. The number of carbonyl (C=O) groups is 2. The van der Waals surface area contributed by atoms with Crippen LogP contribution in [0, 0.1) is 13.8 Å². The maximum atomic E-state index is 12.2. The lowest BCUT2D eigenvalue weighted by Gasteiger charge is -2.10. The highest BCUT2D eigenvalue weighted by Gasteiger charge is 2.15. The number of aromatic carboxylic acids is 1. The first kappa shape index (κ1) is 13.7. The number of pyridine rings is 1. The number of aryl methyl sites for hydroxylation is 2. The second-order valence-corrected chi connectivity index (χ2v) is 4.44. The van der Waals surface area contributed by atoms with Gasteiger partial charge in [-0.1, -0.05) is 11.6 Å². The van der Waals surface area contributed by atoms with E-state index in [1.807, 2.05) is 0 Å². The molecule has 0 bridgehead atoms. The van der Waals surface area contributed by atoms with Crippen molar-refractivity contribution in [1.29, 1.82) is 0 Å². The van der Waals surface area contributed by atoms with E-state index in [0.717, 1.165) is 5.56 Å². The van der Waals surface area contributed by atoms with Crippen molar-refractivity contribution in [2.45, 2.75) is 13.8 Å². The third-order valence-corrected chi connectivity index (χ3v) is 2.91. The first-order valence-electron chi connectivity index (χ1n) is 6.06. The fraction of sp³-hybridized carbons (Fsp3) is 0.133. The Bertz CT molecular complexity index is 681. The summed E-state index contributed by atoms with van der Waals surface area (Å²) in [5.41, 5.74) is 2.17. The highest BCUT2D eigenvalue weighted by atomic mass is 16.4. The molecule has 0 spiro atoms. The third-order valence-electron chi connectivity index (χ3n) is 2.91. The predicted molar refractivity (Wildman–Crippen MR) is 75.1 cm³/mol. The Balaban J connectivity index is 2.33. The second-order valence-electron chi connectivity index (χ2n) is 4.44. The lowest BCUT2D eigenvalue weighted by molar-refractivity contribution is 0.0698. The molecule has 0 fully saturated rings. The van der Waals surface area contributed by atoms with E-state index in [2.05, 4.69) is 10.3 Å². The van der Waals surface area contributed by atoms with Gasteiger partial charge in [0, 0.05) is 11.9 Å². The van der Waals surface area contributed by atoms with Gasteiger partial charge in [0.2, 0.25) is 0 Å². The number of carboxylic acids is 1. The number of hydrogen-bond donors (Lipinski definition) is 2. The monoisotopic (exact) mass is 270 g/mol. The number of carboxylic acid groups (broad SMARTS) is 1. The Kier molecular flexibility index (Phi) is 3.79. The van der Waals surface area contributed by atoms with Crippen LogP contribution in [-0.4, -0.2) is 22.0 Å². The highest BCUT2D eigenvalue weighted by Crippen LogP contribution is 2.19. The van der Waals surface area contributed by atoms with Crippen molar-refractivity contribution in [3.63, 3.8) is 0 Å². The molecule has 2 N–H and O–H groups in total. The van der Waals surface area contributed by atoms with Crippen molar-refractivity contribution < 1.29 is 14.7 Å². The lowest BCUT2D eigenvalue weighted by atomic mass is 10.1. The van der Waals surface area contributed by atoms with Gasteiger partial charge in [-0.05, 0) is 38.1 Å². The molecule has 1 amide bonds. The van der Waals surface area contributed by atoms with E-state index in [1.54, 1.807) is 44.3 Å². The molecule has 20 heavy (non-hydrogen) atoms. The fourth-order valence-corrected chi connectivity index (χ4v) is 1.86. The van der Waals surface area contributed by atoms with Gasteiger partial charge < -0.3 is 10.4 Å². The van der Waals surface area contributed by atoms with E-state index in [0.29, 0.717) is 11.3 Å². The molecule has 0 aliphatic rings. The van der Waals surface area contributed by atoms with Crippen LogP contribution in [0.3, 0.4) is 0 Å². The van der Waals surface area contributed by atoms with Gasteiger partial charge in [0.25, 0.3) is 5.91 Å². The standard InChI is InChI=1S/C15H14N2O3/c1-9-5-6-13(12(8-9)15(19)20)17-14(18)11-4-3-7-16-10(11)2/h3-8H,1-2H3,(H,17,18)(H,19,20). The highest BCUT2D eigenvalue weighted by molar-refractivity contribution is 6.08. The zero-order valence-corrected chi connectivity index (χ0v) is 11.2. The molecular weight excluding hydrogens is 256 g/mol. The third kappa shape index (κ3) is 2.83. The van der Waals surface area contributed by atoms with Gasteiger partial charge in [0.15, 0.2) is 0 Å². The van der Waals surface area contributed by atoms with Crippen LogP contribution in [0.15, 0.2) is 36.5 Å². The van der Waals surface area contributed by atoms with E-state index in [4.69, 9.17) is 5.11 Å². The van der Waals surface area contributed by atoms with Crippen molar-refractivity contribution in [3.8, 4) is 0 Å². The quantitative estimate of drug-likeness (QED) is 0.898. The first-order valence-corrected chi connectivity index (χ1v) is 6.06. The molecular formula is C15H14N2O3. The maximum Gasteiger partial charge on any atom is 0.337 e. The largest absolute Gasteiger partial charge is 0.478 e. The minimum Gasteiger partial charge on any atom is -0.478 e. The number of anilines is 1. The predicted octanol–water partition coefficient (Wildman–Crippen LogP) is 2.65. The second kappa shape index (κ2) is 5.52. The van der Waals surface area contributed by atoms with Gasteiger partial charge in [-0.15, -0.1) is 0 Å². The van der Waals surface area contributed by atoms with E-state index >= 15 is 0 Å².